The fourth-order valence-electron chi connectivity index (χ4n) is 4.48. The highest BCUT2D eigenvalue weighted by Gasteiger charge is 2.28. The number of aliphatic imine (C=N–C) groups is 1. The number of nitrogens with zero attached hydrogens (tertiary/aromatic N) is 3. The van der Waals surface area contributed by atoms with E-state index in [1.807, 2.05) is 0 Å². The van der Waals surface area contributed by atoms with Gasteiger partial charge in [0.15, 0.2) is 5.96 Å². The Morgan fingerprint density at radius 3 is 2.63 bits per heavy atom. The van der Waals surface area contributed by atoms with Gasteiger partial charge in [0.25, 0.3) is 0 Å². The fourth-order valence-corrected chi connectivity index (χ4v) is 4.48. The minimum absolute atomic E-state index is 0.0805. The summed E-state index contributed by atoms with van der Waals surface area (Å²) in [5.74, 6) is 1.78. The van der Waals surface area contributed by atoms with Crippen LogP contribution >= 0.6 is 0 Å². The van der Waals surface area contributed by atoms with E-state index in [9.17, 15) is 0 Å². The average molecular weight is 416 g/mol. The molecule has 1 aromatic carbocycles. The van der Waals surface area contributed by atoms with Crippen LogP contribution < -0.4 is 10.6 Å². The van der Waals surface area contributed by atoms with Gasteiger partial charge < -0.3 is 20.3 Å². The molecule has 2 N–H and O–H groups in total. The van der Waals surface area contributed by atoms with Crippen molar-refractivity contribution < 1.29 is 4.74 Å². The molecule has 0 amide bonds. The monoisotopic (exact) mass is 415 g/mol. The third-order valence-corrected chi connectivity index (χ3v) is 6.07. The van der Waals surface area contributed by atoms with Gasteiger partial charge in [0.1, 0.15) is 0 Å². The zero-order chi connectivity index (χ0) is 21.4. The van der Waals surface area contributed by atoms with Crippen molar-refractivity contribution in [2.75, 3.05) is 59.0 Å². The molecule has 2 heterocycles. The van der Waals surface area contributed by atoms with Crippen LogP contribution in [-0.2, 0) is 4.74 Å². The van der Waals surface area contributed by atoms with Crippen molar-refractivity contribution in [3.63, 3.8) is 0 Å². The third kappa shape index (κ3) is 6.96. The van der Waals surface area contributed by atoms with E-state index in [1.165, 1.54) is 18.5 Å². The number of benzene rings is 1. The normalized spacial score (nSPS) is 22.3. The van der Waals surface area contributed by atoms with Crippen molar-refractivity contribution in [1.82, 2.24) is 20.4 Å². The smallest absolute Gasteiger partial charge is 0.193 e. The molecule has 0 radical (unpaired) electrons. The standard InChI is InChI=1S/C24H41N5O/c1-5-25-23(29-12-11-21(18-29)17-28-13-15-30-16-14-28)26-19-24(3,4)27-20(2)22-9-7-6-8-10-22/h6-10,20-21,27H,5,11-19H2,1-4H3,(H,25,26). The average Bonchev–Trinajstić information content (AvgIpc) is 3.20. The molecule has 2 aliphatic heterocycles. The molecule has 0 aromatic heterocycles. The van der Waals surface area contributed by atoms with E-state index < -0.39 is 0 Å². The van der Waals surface area contributed by atoms with Crippen molar-refractivity contribution in [3.8, 4) is 0 Å². The Kier molecular flexibility index (Phi) is 8.54. The molecule has 0 spiro atoms. The molecule has 1 aromatic rings. The van der Waals surface area contributed by atoms with E-state index in [0.29, 0.717) is 6.04 Å². The number of hydrogen-bond acceptors (Lipinski definition) is 4. The van der Waals surface area contributed by atoms with Gasteiger partial charge >= 0.3 is 0 Å². The summed E-state index contributed by atoms with van der Waals surface area (Å²) >= 11 is 0. The molecule has 2 unspecified atom stereocenters. The molecule has 0 bridgehead atoms. The van der Waals surface area contributed by atoms with Crippen LogP contribution in [-0.4, -0.2) is 80.3 Å². The SMILES string of the molecule is CCNC(=NCC(C)(C)NC(C)c1ccccc1)N1CCC(CN2CCOCC2)C1. The first-order valence-electron chi connectivity index (χ1n) is 11.6. The molecule has 3 rings (SSSR count). The van der Waals surface area contributed by atoms with Crippen LogP contribution in [0.15, 0.2) is 35.3 Å². The summed E-state index contributed by atoms with van der Waals surface area (Å²) < 4.78 is 5.49. The van der Waals surface area contributed by atoms with Gasteiger partial charge in [0.05, 0.1) is 19.8 Å². The van der Waals surface area contributed by atoms with Crippen molar-refractivity contribution in [1.29, 1.82) is 0 Å². The predicted octanol–water partition coefficient (Wildman–Crippen LogP) is 2.74. The maximum Gasteiger partial charge on any atom is 0.193 e. The van der Waals surface area contributed by atoms with Crippen LogP contribution in [0.1, 0.15) is 45.7 Å². The van der Waals surface area contributed by atoms with Gasteiger partial charge in [-0.05, 0) is 45.6 Å². The van der Waals surface area contributed by atoms with Gasteiger partial charge in [0.2, 0.25) is 0 Å². The Morgan fingerprint density at radius 2 is 1.93 bits per heavy atom. The highest BCUT2D eigenvalue weighted by atomic mass is 16.5. The Balaban J connectivity index is 1.54. The Hall–Kier alpha value is -1.63. The lowest BCUT2D eigenvalue weighted by Gasteiger charge is -2.31. The van der Waals surface area contributed by atoms with Crippen molar-refractivity contribution >= 4 is 5.96 Å². The number of guanidine groups is 1. The first-order valence-corrected chi connectivity index (χ1v) is 11.6. The molecule has 168 valence electrons. The zero-order valence-corrected chi connectivity index (χ0v) is 19.4. The largest absolute Gasteiger partial charge is 0.379 e. The highest BCUT2D eigenvalue weighted by Crippen LogP contribution is 2.20. The molecular weight excluding hydrogens is 374 g/mol. The number of rotatable bonds is 8. The number of likely N-dealkylation sites (tertiary alicyclic amines) is 1. The summed E-state index contributed by atoms with van der Waals surface area (Å²) in [4.78, 5) is 10.0. The van der Waals surface area contributed by atoms with E-state index in [4.69, 9.17) is 9.73 Å². The van der Waals surface area contributed by atoms with Crippen LogP contribution in [0.2, 0.25) is 0 Å². The first kappa shape index (κ1) is 23.0. The van der Waals surface area contributed by atoms with Crippen LogP contribution in [0.4, 0.5) is 0 Å². The first-order chi connectivity index (χ1) is 14.5. The second-order valence-electron chi connectivity index (χ2n) is 9.34. The van der Waals surface area contributed by atoms with Gasteiger partial charge in [-0.2, -0.15) is 0 Å². The molecule has 6 heteroatoms. The molecule has 0 aliphatic carbocycles. The number of ether oxygens (including phenoxy) is 1. The van der Waals surface area contributed by atoms with Crippen molar-refractivity contribution in [2.45, 2.75) is 45.7 Å². The lowest BCUT2D eigenvalue weighted by Crippen LogP contribution is -2.46. The quantitative estimate of drug-likeness (QED) is 0.505. The van der Waals surface area contributed by atoms with Gasteiger partial charge in [-0.1, -0.05) is 30.3 Å². The van der Waals surface area contributed by atoms with Crippen molar-refractivity contribution in [2.24, 2.45) is 10.9 Å². The van der Waals surface area contributed by atoms with Crippen LogP contribution in [0.25, 0.3) is 0 Å². The summed E-state index contributed by atoms with van der Waals surface area (Å²) in [6, 6.07) is 10.9. The second-order valence-corrected chi connectivity index (χ2v) is 9.34. The summed E-state index contributed by atoms with van der Waals surface area (Å²) in [6.45, 7) is 17.8. The fraction of sp³-hybridized carbons (Fsp3) is 0.708. The summed E-state index contributed by atoms with van der Waals surface area (Å²) in [5.41, 5.74) is 1.23. The molecule has 6 nitrogen and oxygen atoms in total. The molecule has 2 atom stereocenters. The highest BCUT2D eigenvalue weighted by molar-refractivity contribution is 5.80. The molecule has 2 saturated heterocycles. The molecular formula is C24H41N5O. The predicted molar refractivity (Wildman–Crippen MR) is 125 cm³/mol. The van der Waals surface area contributed by atoms with E-state index >= 15 is 0 Å². The van der Waals surface area contributed by atoms with E-state index in [0.717, 1.165) is 64.4 Å². The number of morpholine rings is 1. The van der Waals surface area contributed by atoms with E-state index in [-0.39, 0.29) is 5.54 Å². The minimum atomic E-state index is -0.0805. The maximum atomic E-state index is 5.49. The molecule has 2 fully saturated rings. The second kappa shape index (κ2) is 11.1. The molecule has 0 saturated carbocycles. The van der Waals surface area contributed by atoms with Gasteiger partial charge in [0, 0.05) is 50.8 Å². The summed E-state index contributed by atoms with van der Waals surface area (Å²) in [5, 5.41) is 7.27. The van der Waals surface area contributed by atoms with E-state index in [2.05, 4.69) is 78.5 Å². The minimum Gasteiger partial charge on any atom is -0.379 e. The Morgan fingerprint density at radius 1 is 1.20 bits per heavy atom. The van der Waals surface area contributed by atoms with E-state index in [1.54, 1.807) is 0 Å². The lowest BCUT2D eigenvalue weighted by atomic mass is 10.0. The molecule has 30 heavy (non-hydrogen) atoms. The number of hydrogen-bond donors (Lipinski definition) is 2. The van der Waals surface area contributed by atoms with Crippen molar-refractivity contribution in [3.05, 3.63) is 35.9 Å². The number of nitrogens with one attached hydrogen (secondary N) is 2. The van der Waals surface area contributed by atoms with Gasteiger partial charge in [-0.15, -0.1) is 0 Å². The Labute approximate surface area is 183 Å². The third-order valence-electron chi connectivity index (χ3n) is 6.07. The Bertz CT molecular complexity index is 657. The summed E-state index contributed by atoms with van der Waals surface area (Å²) in [6.07, 6.45) is 1.24. The van der Waals surface area contributed by atoms with Crippen LogP contribution in [0.3, 0.4) is 0 Å². The summed E-state index contributed by atoms with van der Waals surface area (Å²) in [7, 11) is 0. The van der Waals surface area contributed by atoms with Crippen LogP contribution in [0, 0.1) is 5.92 Å². The lowest BCUT2D eigenvalue weighted by molar-refractivity contribution is 0.0315. The van der Waals surface area contributed by atoms with Gasteiger partial charge in [-0.25, -0.2) is 0 Å². The van der Waals surface area contributed by atoms with Crippen LogP contribution in [0.5, 0.6) is 0 Å². The zero-order valence-electron chi connectivity index (χ0n) is 19.4. The maximum absolute atomic E-state index is 5.49. The van der Waals surface area contributed by atoms with Gasteiger partial charge in [-0.3, -0.25) is 9.89 Å². The molecule has 2 aliphatic rings. The topological polar surface area (TPSA) is 52.1 Å².